The van der Waals surface area contributed by atoms with E-state index in [1.807, 2.05) is 0 Å². The molecule has 0 aromatic rings. The third kappa shape index (κ3) is 3.89. The minimum absolute atomic E-state index is 0.277. The van der Waals surface area contributed by atoms with Gasteiger partial charge < -0.3 is 22.9 Å². The van der Waals surface area contributed by atoms with Crippen molar-refractivity contribution in [3.8, 4) is 0 Å². The van der Waals surface area contributed by atoms with E-state index in [1.54, 1.807) is 0 Å². The Morgan fingerprint density at radius 2 is 1.17 bits per heavy atom. The van der Waals surface area contributed by atoms with Gasteiger partial charge in [-0.15, -0.1) is 0 Å². The number of carbonyl (C=O) groups excluding carboxylic acids is 2. The number of amides is 2. The molecule has 0 rings (SSSR count). The van der Waals surface area contributed by atoms with Crippen LogP contribution in [0.25, 0.3) is 0 Å². The number of carbonyl (C=O) groups is 2. The molecule has 2 atom stereocenters. The molecule has 6 heteroatoms. The molecule has 0 radical (unpaired) electrons. The third-order valence-corrected chi connectivity index (χ3v) is 1.52. The van der Waals surface area contributed by atoms with Crippen molar-refractivity contribution < 1.29 is 9.59 Å². The normalized spacial score (nSPS) is 15.2. The highest BCUT2D eigenvalue weighted by atomic mass is 16.1. The van der Waals surface area contributed by atoms with Gasteiger partial charge in [0.15, 0.2) is 0 Å². The highest BCUT2D eigenvalue weighted by Crippen LogP contribution is 1.96. The van der Waals surface area contributed by atoms with Crippen molar-refractivity contribution in [1.82, 2.24) is 0 Å². The van der Waals surface area contributed by atoms with Gasteiger partial charge in [0.1, 0.15) is 0 Å². The van der Waals surface area contributed by atoms with Crippen molar-refractivity contribution in [1.29, 1.82) is 0 Å². The predicted octanol–water partition coefficient (Wildman–Crippen LogP) is -2.61. The maximum absolute atomic E-state index is 10.4. The van der Waals surface area contributed by atoms with Gasteiger partial charge in [-0.2, -0.15) is 0 Å². The van der Waals surface area contributed by atoms with Crippen LogP contribution in [0.15, 0.2) is 0 Å². The quantitative estimate of drug-likeness (QED) is 0.362. The molecule has 0 aliphatic carbocycles. The van der Waals surface area contributed by atoms with Crippen LogP contribution in [0.5, 0.6) is 0 Å². The number of nitrogens with two attached hydrogens (primary N) is 4. The average molecular weight is 174 g/mol. The highest BCUT2D eigenvalue weighted by molar-refractivity contribution is 5.81. The summed E-state index contributed by atoms with van der Waals surface area (Å²) >= 11 is 0. The second kappa shape index (κ2) is 4.68. The molecule has 2 amide bonds. The molecular formula is C6H14N4O2. The van der Waals surface area contributed by atoms with E-state index in [-0.39, 0.29) is 12.8 Å². The minimum atomic E-state index is -0.754. The summed E-state index contributed by atoms with van der Waals surface area (Å²) in [4.78, 5) is 20.8. The highest BCUT2D eigenvalue weighted by Gasteiger charge is 2.14. The molecule has 0 spiro atoms. The van der Waals surface area contributed by atoms with Gasteiger partial charge in [-0.25, -0.2) is 0 Å². The number of primary amides is 2. The first-order valence-electron chi connectivity index (χ1n) is 3.55. The summed E-state index contributed by atoms with van der Waals surface area (Å²) in [6.07, 6.45) is 0.554. The van der Waals surface area contributed by atoms with Crippen LogP contribution in [0, 0.1) is 0 Å². The molecule has 0 aromatic carbocycles. The Hall–Kier alpha value is -1.14. The lowest BCUT2D eigenvalue weighted by Crippen LogP contribution is -2.41. The lowest BCUT2D eigenvalue weighted by molar-refractivity contribution is -0.121. The van der Waals surface area contributed by atoms with Gasteiger partial charge >= 0.3 is 0 Å². The largest absolute Gasteiger partial charge is 0.368 e. The standard InChI is InChI=1S/C6H14N4O2/c7-3(5(9)11)1-2-4(8)6(10)12/h3-4H,1-2,7-8H2,(H2,9,11)(H2,10,12). The van der Waals surface area contributed by atoms with Gasteiger partial charge in [0, 0.05) is 0 Å². The van der Waals surface area contributed by atoms with E-state index < -0.39 is 23.9 Å². The Bertz CT molecular complexity index is 162. The Morgan fingerprint density at radius 3 is 1.33 bits per heavy atom. The molecule has 0 aromatic heterocycles. The van der Waals surface area contributed by atoms with Gasteiger partial charge in [0.05, 0.1) is 12.1 Å². The first-order valence-corrected chi connectivity index (χ1v) is 3.55. The smallest absolute Gasteiger partial charge is 0.234 e. The lowest BCUT2D eigenvalue weighted by Gasteiger charge is -2.09. The summed E-state index contributed by atoms with van der Waals surface area (Å²) < 4.78 is 0. The van der Waals surface area contributed by atoms with Crippen LogP contribution >= 0.6 is 0 Å². The third-order valence-electron chi connectivity index (χ3n) is 1.52. The topological polar surface area (TPSA) is 138 Å². The molecule has 70 valence electrons. The van der Waals surface area contributed by atoms with E-state index in [0.29, 0.717) is 0 Å². The van der Waals surface area contributed by atoms with Crippen LogP contribution in [0.3, 0.4) is 0 Å². The van der Waals surface area contributed by atoms with Gasteiger partial charge in [0.2, 0.25) is 11.8 Å². The van der Waals surface area contributed by atoms with Crippen molar-refractivity contribution >= 4 is 11.8 Å². The molecule has 0 aliphatic heterocycles. The SMILES string of the molecule is NC(=O)C(N)CCC(N)C(N)=O. The summed E-state index contributed by atoms with van der Waals surface area (Å²) in [6.45, 7) is 0. The molecule has 0 fully saturated rings. The van der Waals surface area contributed by atoms with Crippen molar-refractivity contribution in [2.75, 3.05) is 0 Å². The molecule has 8 N–H and O–H groups in total. The van der Waals surface area contributed by atoms with Crippen LogP contribution in [0.1, 0.15) is 12.8 Å². The second-order valence-corrected chi connectivity index (χ2v) is 2.60. The second-order valence-electron chi connectivity index (χ2n) is 2.60. The van der Waals surface area contributed by atoms with Gasteiger partial charge in [-0.05, 0) is 12.8 Å². The fourth-order valence-corrected chi connectivity index (χ4v) is 0.644. The van der Waals surface area contributed by atoms with Gasteiger partial charge in [-0.3, -0.25) is 9.59 Å². The fraction of sp³-hybridized carbons (Fsp3) is 0.667. The van der Waals surface area contributed by atoms with Crippen LogP contribution in [-0.4, -0.2) is 23.9 Å². The molecule has 2 unspecified atom stereocenters. The van der Waals surface area contributed by atoms with E-state index >= 15 is 0 Å². The molecule has 6 nitrogen and oxygen atoms in total. The van der Waals surface area contributed by atoms with E-state index in [0.717, 1.165) is 0 Å². The van der Waals surface area contributed by atoms with Gasteiger partial charge in [0.25, 0.3) is 0 Å². The van der Waals surface area contributed by atoms with E-state index in [1.165, 1.54) is 0 Å². The summed E-state index contributed by atoms with van der Waals surface area (Å²) in [7, 11) is 0. The van der Waals surface area contributed by atoms with Crippen LogP contribution in [0.2, 0.25) is 0 Å². The van der Waals surface area contributed by atoms with Crippen molar-refractivity contribution in [3.05, 3.63) is 0 Å². The number of hydrogen-bond acceptors (Lipinski definition) is 4. The van der Waals surface area contributed by atoms with E-state index in [4.69, 9.17) is 22.9 Å². The zero-order chi connectivity index (χ0) is 9.72. The number of hydrogen-bond donors (Lipinski definition) is 4. The monoisotopic (exact) mass is 174 g/mol. The van der Waals surface area contributed by atoms with Crippen LogP contribution in [0.4, 0.5) is 0 Å². The summed E-state index contributed by atoms with van der Waals surface area (Å²) in [5, 5.41) is 0. The Kier molecular flexibility index (Phi) is 4.24. The average Bonchev–Trinajstić information content (AvgIpc) is 1.98. The molecule has 0 bridgehead atoms. The Labute approximate surface area is 70.2 Å². The molecule has 12 heavy (non-hydrogen) atoms. The van der Waals surface area contributed by atoms with Crippen LogP contribution in [-0.2, 0) is 9.59 Å². The van der Waals surface area contributed by atoms with E-state index in [2.05, 4.69) is 0 Å². The molecule has 0 saturated heterocycles. The summed E-state index contributed by atoms with van der Waals surface area (Å²) in [5.41, 5.74) is 20.3. The molecule has 0 saturated carbocycles. The van der Waals surface area contributed by atoms with Crippen molar-refractivity contribution in [2.45, 2.75) is 24.9 Å². The first-order chi connectivity index (χ1) is 5.45. The predicted molar refractivity (Wildman–Crippen MR) is 43.6 cm³/mol. The maximum atomic E-state index is 10.4. The van der Waals surface area contributed by atoms with Crippen molar-refractivity contribution in [2.24, 2.45) is 22.9 Å². The van der Waals surface area contributed by atoms with Crippen LogP contribution < -0.4 is 22.9 Å². The summed E-state index contributed by atoms with van der Waals surface area (Å²) in [5.74, 6) is -1.21. The molecule has 0 aliphatic rings. The Balaban J connectivity index is 3.68. The van der Waals surface area contributed by atoms with E-state index in [9.17, 15) is 9.59 Å². The zero-order valence-electron chi connectivity index (χ0n) is 6.69. The molecule has 0 heterocycles. The number of rotatable bonds is 5. The first kappa shape index (κ1) is 10.9. The summed E-state index contributed by atoms with van der Waals surface area (Å²) in [6, 6.07) is -1.51. The minimum Gasteiger partial charge on any atom is -0.368 e. The fourth-order valence-electron chi connectivity index (χ4n) is 0.644. The zero-order valence-corrected chi connectivity index (χ0v) is 6.69. The molecular weight excluding hydrogens is 160 g/mol. The Morgan fingerprint density at radius 1 is 0.917 bits per heavy atom. The van der Waals surface area contributed by atoms with Crippen molar-refractivity contribution in [3.63, 3.8) is 0 Å². The maximum Gasteiger partial charge on any atom is 0.234 e. The lowest BCUT2D eigenvalue weighted by atomic mass is 10.1. The van der Waals surface area contributed by atoms with Gasteiger partial charge in [-0.1, -0.05) is 0 Å².